The van der Waals surface area contributed by atoms with E-state index in [1.807, 2.05) is 13.8 Å². The Balaban J connectivity index is 2.53. The maximum absolute atomic E-state index is 12.0. The van der Waals surface area contributed by atoms with Gasteiger partial charge in [-0.15, -0.1) is 5.48 Å². The molecule has 0 fully saturated rings. The average molecular weight is 408 g/mol. The van der Waals surface area contributed by atoms with Gasteiger partial charge in [0.2, 0.25) is 0 Å². The summed E-state index contributed by atoms with van der Waals surface area (Å²) in [6, 6.07) is 7.63. The van der Waals surface area contributed by atoms with E-state index in [0.717, 1.165) is 0 Å². The molecule has 0 spiro atoms. The Kier molecular flexibility index (Phi) is 9.10. The van der Waals surface area contributed by atoms with Crippen molar-refractivity contribution in [1.29, 1.82) is 0 Å². The molecule has 0 saturated carbocycles. The number of carbonyl (C=O) groups excluding carboxylic acids is 3. The summed E-state index contributed by atoms with van der Waals surface area (Å²) >= 11 is 0. The predicted octanol–water partition coefficient (Wildman–Crippen LogP) is 3.36. The number of amides is 1. The molecule has 1 aromatic carbocycles. The highest BCUT2D eigenvalue weighted by Crippen LogP contribution is 2.16. The summed E-state index contributed by atoms with van der Waals surface area (Å²) in [5.41, 5.74) is 1.74. The summed E-state index contributed by atoms with van der Waals surface area (Å²) in [7, 11) is 1.27. The fourth-order valence-corrected chi connectivity index (χ4v) is 2.52. The summed E-state index contributed by atoms with van der Waals surface area (Å²) in [5.74, 6) is -1.13. The second-order valence-electron chi connectivity index (χ2n) is 8.35. The van der Waals surface area contributed by atoms with Crippen LogP contribution < -0.4 is 10.8 Å². The van der Waals surface area contributed by atoms with Crippen molar-refractivity contribution >= 4 is 18.0 Å². The van der Waals surface area contributed by atoms with Crippen molar-refractivity contribution in [3.8, 4) is 0 Å². The third-order valence-corrected chi connectivity index (χ3v) is 3.92. The highest BCUT2D eigenvalue weighted by atomic mass is 16.7. The first-order valence-electron chi connectivity index (χ1n) is 9.54. The summed E-state index contributed by atoms with van der Waals surface area (Å²) in [6.45, 7) is 9.12. The van der Waals surface area contributed by atoms with Gasteiger partial charge in [-0.2, -0.15) is 0 Å². The van der Waals surface area contributed by atoms with Gasteiger partial charge in [0.05, 0.1) is 12.7 Å². The molecule has 162 valence electrons. The van der Waals surface area contributed by atoms with E-state index in [2.05, 4.69) is 10.8 Å². The molecule has 2 N–H and O–H groups in total. The minimum atomic E-state index is -0.815. The van der Waals surface area contributed by atoms with Gasteiger partial charge in [0.1, 0.15) is 11.6 Å². The first-order valence-corrected chi connectivity index (χ1v) is 9.54. The van der Waals surface area contributed by atoms with Crippen molar-refractivity contribution in [2.24, 2.45) is 0 Å². The topological polar surface area (TPSA) is 103 Å². The number of nitrogens with one attached hydrogen (secondary N) is 2. The number of hydrogen-bond donors (Lipinski definition) is 2. The third kappa shape index (κ3) is 9.94. The fourth-order valence-electron chi connectivity index (χ4n) is 2.52. The Morgan fingerprint density at radius 1 is 1.03 bits per heavy atom. The molecule has 0 bridgehead atoms. The molecule has 8 nitrogen and oxygen atoms in total. The van der Waals surface area contributed by atoms with Crippen LogP contribution in [0.1, 0.15) is 64.2 Å². The van der Waals surface area contributed by atoms with Crippen molar-refractivity contribution in [3.63, 3.8) is 0 Å². The minimum absolute atomic E-state index is 0.355. The van der Waals surface area contributed by atoms with Crippen LogP contribution >= 0.6 is 0 Å². The van der Waals surface area contributed by atoms with Gasteiger partial charge in [-0.1, -0.05) is 18.2 Å². The molecule has 1 aromatic rings. The predicted molar refractivity (Wildman–Crippen MR) is 108 cm³/mol. The molecule has 1 amide bonds. The molecule has 0 radical (unpaired) electrons. The van der Waals surface area contributed by atoms with Gasteiger partial charge in [0.25, 0.3) is 0 Å². The van der Waals surface area contributed by atoms with E-state index in [9.17, 15) is 14.4 Å². The van der Waals surface area contributed by atoms with Crippen molar-refractivity contribution < 1.29 is 28.7 Å². The Hall–Kier alpha value is -2.61. The number of esters is 1. The quantitative estimate of drug-likeness (QED) is 0.367. The minimum Gasteiger partial charge on any atom is -0.468 e. The van der Waals surface area contributed by atoms with E-state index in [1.165, 1.54) is 7.11 Å². The Morgan fingerprint density at radius 2 is 1.66 bits per heavy atom. The van der Waals surface area contributed by atoms with Crippen molar-refractivity contribution in [2.45, 2.75) is 71.1 Å². The molecule has 0 aliphatic rings. The molecular formula is C21H32N2O6. The van der Waals surface area contributed by atoms with Crippen molar-refractivity contribution in [3.05, 3.63) is 35.9 Å². The Bertz CT molecular complexity index is 682. The molecule has 8 heteroatoms. The number of methoxy groups -OCH3 is 1. The van der Waals surface area contributed by atoms with E-state index >= 15 is 0 Å². The average Bonchev–Trinajstić information content (AvgIpc) is 2.62. The van der Waals surface area contributed by atoms with Gasteiger partial charge in [0.15, 0.2) is 0 Å². The van der Waals surface area contributed by atoms with Gasteiger partial charge in [-0.25, -0.2) is 9.59 Å². The zero-order valence-electron chi connectivity index (χ0n) is 18.0. The van der Waals surface area contributed by atoms with E-state index in [1.54, 1.807) is 51.1 Å². The lowest BCUT2D eigenvalue weighted by Crippen LogP contribution is -2.46. The van der Waals surface area contributed by atoms with Crippen LogP contribution in [0, 0.1) is 0 Å². The number of hydrogen-bond acceptors (Lipinski definition) is 7. The summed E-state index contributed by atoms with van der Waals surface area (Å²) < 4.78 is 10.0. The molecular weight excluding hydrogens is 376 g/mol. The van der Waals surface area contributed by atoms with Crippen LogP contribution in [0.25, 0.3) is 0 Å². The SMILES string of the molecule is COC(=O)[C@H](CCCC(C)(C)NC(=O)OC(C)(C)C)NOC(=O)c1ccccc1. The molecule has 0 saturated heterocycles. The number of carbonyl (C=O) groups is 3. The fraction of sp³-hybridized carbons (Fsp3) is 0.571. The lowest BCUT2D eigenvalue weighted by atomic mass is 9.96. The van der Waals surface area contributed by atoms with E-state index in [0.29, 0.717) is 24.8 Å². The third-order valence-electron chi connectivity index (χ3n) is 3.92. The number of benzene rings is 1. The summed E-state index contributed by atoms with van der Waals surface area (Å²) in [4.78, 5) is 41.0. The highest BCUT2D eigenvalue weighted by Gasteiger charge is 2.26. The van der Waals surface area contributed by atoms with Crippen LogP contribution in [0.2, 0.25) is 0 Å². The summed E-state index contributed by atoms with van der Waals surface area (Å²) in [5, 5.41) is 2.82. The van der Waals surface area contributed by atoms with Gasteiger partial charge < -0.3 is 19.6 Å². The largest absolute Gasteiger partial charge is 0.468 e. The molecule has 0 heterocycles. The number of rotatable bonds is 9. The maximum atomic E-state index is 12.0. The van der Waals surface area contributed by atoms with Crippen LogP contribution in [0.4, 0.5) is 4.79 Å². The summed E-state index contributed by atoms with van der Waals surface area (Å²) in [6.07, 6.45) is 1.00. The van der Waals surface area contributed by atoms with Gasteiger partial charge >= 0.3 is 18.0 Å². The van der Waals surface area contributed by atoms with Crippen LogP contribution in [0.15, 0.2) is 30.3 Å². The second-order valence-corrected chi connectivity index (χ2v) is 8.35. The molecule has 0 aliphatic carbocycles. The monoisotopic (exact) mass is 408 g/mol. The second kappa shape index (κ2) is 10.8. The zero-order chi connectivity index (χ0) is 22.1. The smallest absolute Gasteiger partial charge is 0.408 e. The van der Waals surface area contributed by atoms with E-state index < -0.39 is 35.2 Å². The molecule has 0 unspecified atom stereocenters. The van der Waals surface area contributed by atoms with Crippen LogP contribution in [-0.4, -0.2) is 42.3 Å². The van der Waals surface area contributed by atoms with Crippen LogP contribution in [0.3, 0.4) is 0 Å². The molecule has 1 rings (SSSR count). The standard InChI is InChI=1S/C21H32N2O6/c1-20(2,3)28-19(26)22-21(4,5)14-10-13-16(18(25)27-6)23-29-17(24)15-11-8-7-9-12-15/h7-9,11-12,16,23H,10,13-14H2,1-6H3,(H,22,26)/t16-/m0/s1. The van der Waals surface area contributed by atoms with Gasteiger partial charge in [-0.05, 0) is 66.0 Å². The van der Waals surface area contributed by atoms with Crippen molar-refractivity contribution in [2.75, 3.05) is 7.11 Å². The maximum Gasteiger partial charge on any atom is 0.408 e. The van der Waals surface area contributed by atoms with E-state index in [4.69, 9.17) is 14.3 Å². The number of hydroxylamine groups is 1. The Labute approximate surface area is 172 Å². The molecule has 29 heavy (non-hydrogen) atoms. The zero-order valence-corrected chi connectivity index (χ0v) is 18.0. The van der Waals surface area contributed by atoms with Crippen LogP contribution in [0.5, 0.6) is 0 Å². The molecule has 0 aromatic heterocycles. The van der Waals surface area contributed by atoms with E-state index in [-0.39, 0.29) is 0 Å². The van der Waals surface area contributed by atoms with Gasteiger partial charge in [0, 0.05) is 5.54 Å². The highest BCUT2D eigenvalue weighted by molar-refractivity contribution is 5.89. The molecule has 0 aliphatic heterocycles. The lowest BCUT2D eigenvalue weighted by molar-refractivity contribution is -0.146. The van der Waals surface area contributed by atoms with Crippen LogP contribution in [-0.2, 0) is 19.1 Å². The lowest BCUT2D eigenvalue weighted by Gasteiger charge is -2.29. The Morgan fingerprint density at radius 3 is 2.21 bits per heavy atom. The van der Waals surface area contributed by atoms with Crippen molar-refractivity contribution in [1.82, 2.24) is 10.8 Å². The molecule has 1 atom stereocenters. The number of alkyl carbamates (subject to hydrolysis) is 1. The normalized spacial score (nSPS) is 12.6. The van der Waals surface area contributed by atoms with Gasteiger partial charge in [-0.3, -0.25) is 4.79 Å². The number of ether oxygens (including phenoxy) is 2. The first kappa shape index (κ1) is 24.4. The first-order chi connectivity index (χ1) is 13.4.